The van der Waals surface area contributed by atoms with E-state index in [1.807, 2.05) is 18.2 Å². The van der Waals surface area contributed by atoms with Gasteiger partial charge in [0.25, 0.3) is 5.91 Å². The molecule has 22 heavy (non-hydrogen) atoms. The number of halogens is 1. The first-order chi connectivity index (χ1) is 10.4. The third kappa shape index (κ3) is 3.53. The average Bonchev–Trinajstić information content (AvgIpc) is 2.47. The minimum atomic E-state index is -0.345. The van der Waals surface area contributed by atoms with E-state index in [4.69, 9.17) is 0 Å². The maximum atomic E-state index is 13.0. The molecule has 0 radical (unpaired) electrons. The van der Waals surface area contributed by atoms with Gasteiger partial charge in [-0.05, 0) is 47.2 Å². The van der Waals surface area contributed by atoms with Gasteiger partial charge in [-0.3, -0.25) is 4.79 Å². The minimum absolute atomic E-state index is 0.213. The van der Waals surface area contributed by atoms with Crippen molar-refractivity contribution in [2.24, 2.45) is 0 Å². The third-order valence-corrected chi connectivity index (χ3v) is 3.72. The van der Waals surface area contributed by atoms with Crippen LogP contribution in [0.2, 0.25) is 0 Å². The van der Waals surface area contributed by atoms with Crippen molar-refractivity contribution in [2.45, 2.75) is 39.5 Å². The lowest BCUT2D eigenvalue weighted by atomic mass is 9.92. The van der Waals surface area contributed by atoms with Gasteiger partial charge in [0.05, 0.1) is 0 Å². The summed E-state index contributed by atoms with van der Waals surface area (Å²) in [6.45, 7) is 8.42. The fourth-order valence-electron chi connectivity index (χ4n) is 2.48. The van der Waals surface area contributed by atoms with E-state index < -0.39 is 0 Å². The molecule has 0 aliphatic carbocycles. The Labute approximate surface area is 131 Å². The standard InChI is InChI=1S/C19H22FNO/c1-12(2)16-6-5-7-17(13(3)4)18(16)21-19(22)14-8-10-15(20)11-9-14/h5-13H,1-4H3,(H,21,22). The van der Waals surface area contributed by atoms with Crippen LogP contribution in [0.4, 0.5) is 10.1 Å². The zero-order chi connectivity index (χ0) is 16.3. The summed E-state index contributed by atoms with van der Waals surface area (Å²) in [5.41, 5.74) is 3.56. The number of amides is 1. The molecule has 0 aliphatic heterocycles. The van der Waals surface area contributed by atoms with Crippen LogP contribution in [0.15, 0.2) is 42.5 Å². The van der Waals surface area contributed by atoms with Crippen molar-refractivity contribution in [1.82, 2.24) is 0 Å². The number of hydrogen-bond acceptors (Lipinski definition) is 1. The summed E-state index contributed by atoms with van der Waals surface area (Å²) in [4.78, 5) is 12.4. The maximum Gasteiger partial charge on any atom is 0.255 e. The minimum Gasteiger partial charge on any atom is -0.321 e. The van der Waals surface area contributed by atoms with Crippen molar-refractivity contribution in [3.05, 3.63) is 65.0 Å². The van der Waals surface area contributed by atoms with Crippen LogP contribution in [-0.2, 0) is 0 Å². The van der Waals surface area contributed by atoms with Crippen LogP contribution in [0.25, 0.3) is 0 Å². The van der Waals surface area contributed by atoms with Crippen molar-refractivity contribution < 1.29 is 9.18 Å². The predicted molar refractivity (Wildman–Crippen MR) is 89.0 cm³/mol. The van der Waals surface area contributed by atoms with Crippen LogP contribution in [0.5, 0.6) is 0 Å². The van der Waals surface area contributed by atoms with Crippen LogP contribution < -0.4 is 5.32 Å². The van der Waals surface area contributed by atoms with Gasteiger partial charge >= 0.3 is 0 Å². The molecule has 0 spiro atoms. The SMILES string of the molecule is CC(C)c1cccc(C(C)C)c1NC(=O)c1ccc(F)cc1. The van der Waals surface area contributed by atoms with Gasteiger partial charge in [-0.2, -0.15) is 0 Å². The molecule has 2 aromatic rings. The number of rotatable bonds is 4. The fourth-order valence-corrected chi connectivity index (χ4v) is 2.48. The number of carbonyl (C=O) groups excluding carboxylic acids is 1. The molecule has 1 amide bonds. The number of benzene rings is 2. The highest BCUT2D eigenvalue weighted by Crippen LogP contribution is 2.32. The second kappa shape index (κ2) is 6.73. The first kappa shape index (κ1) is 16.2. The van der Waals surface area contributed by atoms with Gasteiger partial charge in [0, 0.05) is 11.3 Å². The van der Waals surface area contributed by atoms with E-state index in [9.17, 15) is 9.18 Å². The van der Waals surface area contributed by atoms with E-state index in [1.54, 1.807) is 0 Å². The first-order valence-corrected chi connectivity index (χ1v) is 7.60. The van der Waals surface area contributed by atoms with Crippen LogP contribution in [0.3, 0.4) is 0 Å². The topological polar surface area (TPSA) is 29.1 Å². The van der Waals surface area contributed by atoms with Gasteiger partial charge in [-0.1, -0.05) is 45.9 Å². The van der Waals surface area contributed by atoms with E-state index in [0.717, 1.165) is 16.8 Å². The molecule has 116 valence electrons. The summed E-state index contributed by atoms with van der Waals surface area (Å²) in [6.07, 6.45) is 0. The van der Waals surface area contributed by atoms with Crippen LogP contribution in [-0.4, -0.2) is 5.91 Å². The molecule has 1 N–H and O–H groups in total. The Hall–Kier alpha value is -2.16. The van der Waals surface area contributed by atoms with Gasteiger partial charge in [0.2, 0.25) is 0 Å². The van der Waals surface area contributed by atoms with E-state index in [2.05, 4.69) is 33.0 Å². The van der Waals surface area contributed by atoms with Crippen LogP contribution in [0, 0.1) is 5.82 Å². The van der Waals surface area contributed by atoms with E-state index in [1.165, 1.54) is 24.3 Å². The Morgan fingerprint density at radius 3 is 1.86 bits per heavy atom. The van der Waals surface area contributed by atoms with Crippen molar-refractivity contribution in [2.75, 3.05) is 5.32 Å². The first-order valence-electron chi connectivity index (χ1n) is 7.60. The molecule has 2 nitrogen and oxygen atoms in total. The lowest BCUT2D eigenvalue weighted by Crippen LogP contribution is -2.16. The maximum absolute atomic E-state index is 13.0. The largest absolute Gasteiger partial charge is 0.321 e. The Bertz CT molecular complexity index is 633. The van der Waals surface area contributed by atoms with Crippen molar-refractivity contribution >= 4 is 11.6 Å². The summed E-state index contributed by atoms with van der Waals surface area (Å²) in [7, 11) is 0. The summed E-state index contributed by atoms with van der Waals surface area (Å²) in [5.74, 6) is 0.0569. The van der Waals surface area contributed by atoms with Crippen LogP contribution >= 0.6 is 0 Å². The molecular weight excluding hydrogens is 277 g/mol. The lowest BCUT2D eigenvalue weighted by Gasteiger charge is -2.20. The molecule has 3 heteroatoms. The molecule has 2 rings (SSSR count). The van der Waals surface area contributed by atoms with Crippen LogP contribution in [0.1, 0.15) is 61.0 Å². The highest BCUT2D eigenvalue weighted by Gasteiger charge is 2.16. The van der Waals surface area contributed by atoms with Gasteiger partial charge in [-0.15, -0.1) is 0 Å². The fraction of sp³-hybridized carbons (Fsp3) is 0.316. The lowest BCUT2D eigenvalue weighted by molar-refractivity contribution is 0.102. The van der Waals surface area contributed by atoms with Crippen molar-refractivity contribution in [1.29, 1.82) is 0 Å². The molecule has 0 unspecified atom stereocenters. The van der Waals surface area contributed by atoms with Gasteiger partial charge in [0.15, 0.2) is 0 Å². The highest BCUT2D eigenvalue weighted by atomic mass is 19.1. The van der Waals surface area contributed by atoms with E-state index in [0.29, 0.717) is 17.4 Å². The Morgan fingerprint density at radius 1 is 0.909 bits per heavy atom. The molecule has 0 atom stereocenters. The molecule has 0 bridgehead atoms. The van der Waals surface area contributed by atoms with Crippen molar-refractivity contribution in [3.8, 4) is 0 Å². The highest BCUT2D eigenvalue weighted by molar-refractivity contribution is 6.05. The Morgan fingerprint density at radius 2 is 1.41 bits per heavy atom. The average molecular weight is 299 g/mol. The summed E-state index contributed by atoms with van der Waals surface area (Å²) >= 11 is 0. The molecule has 0 aliphatic rings. The number of hydrogen-bond donors (Lipinski definition) is 1. The predicted octanol–water partition coefficient (Wildman–Crippen LogP) is 5.32. The Kier molecular flexibility index (Phi) is 4.96. The molecule has 0 aromatic heterocycles. The molecule has 0 fully saturated rings. The molecule has 2 aromatic carbocycles. The number of carbonyl (C=O) groups is 1. The quantitative estimate of drug-likeness (QED) is 0.812. The van der Waals surface area contributed by atoms with Gasteiger partial charge in [-0.25, -0.2) is 4.39 Å². The van der Waals surface area contributed by atoms with Crippen molar-refractivity contribution in [3.63, 3.8) is 0 Å². The molecule has 0 saturated heterocycles. The summed E-state index contributed by atoms with van der Waals surface area (Å²) in [5, 5.41) is 3.02. The van der Waals surface area contributed by atoms with E-state index >= 15 is 0 Å². The molecule has 0 saturated carbocycles. The summed E-state index contributed by atoms with van der Waals surface area (Å²) in [6, 6.07) is 11.7. The second-order valence-corrected chi connectivity index (χ2v) is 6.08. The number of para-hydroxylation sites is 1. The number of anilines is 1. The van der Waals surface area contributed by atoms with Gasteiger partial charge < -0.3 is 5.32 Å². The molecular formula is C19H22FNO. The number of nitrogens with one attached hydrogen (secondary N) is 1. The third-order valence-electron chi connectivity index (χ3n) is 3.72. The Balaban J connectivity index is 2.39. The van der Waals surface area contributed by atoms with Gasteiger partial charge in [0.1, 0.15) is 5.82 Å². The monoisotopic (exact) mass is 299 g/mol. The zero-order valence-electron chi connectivity index (χ0n) is 13.5. The second-order valence-electron chi connectivity index (χ2n) is 6.08. The zero-order valence-corrected chi connectivity index (χ0v) is 13.5. The van der Waals surface area contributed by atoms with E-state index in [-0.39, 0.29) is 11.7 Å². The smallest absolute Gasteiger partial charge is 0.255 e. The molecule has 0 heterocycles. The normalized spacial score (nSPS) is 11.0. The summed E-state index contributed by atoms with van der Waals surface area (Å²) < 4.78 is 13.0.